The molecule has 1 saturated carbocycles. The quantitative estimate of drug-likeness (QED) is 0.517. The van der Waals surface area contributed by atoms with Crippen molar-refractivity contribution in [2.75, 3.05) is 6.54 Å². The standard InChI is InChI=1S/C26H28N6O/c1-17-10-11-19-15-22(26(33)27-23(19)14-17)24(25-28-29-30-32(25)21-8-4-5-9-21)31-13-12-18-6-2-3-7-20(18)16-31/h2-3,6-7,10-11,14-15,21,24H,4-5,8-9,12-13,16H2,1H3,(H,27,33)/t24-/m0/s1. The average molecular weight is 441 g/mol. The molecule has 1 atom stereocenters. The molecule has 1 aliphatic heterocycles. The molecular formula is C26H28N6O. The molecule has 0 radical (unpaired) electrons. The minimum atomic E-state index is -0.302. The number of pyridine rings is 1. The molecule has 0 saturated heterocycles. The minimum Gasteiger partial charge on any atom is -0.322 e. The molecule has 0 unspecified atom stereocenters. The van der Waals surface area contributed by atoms with E-state index in [0.717, 1.165) is 54.6 Å². The summed E-state index contributed by atoms with van der Waals surface area (Å²) in [6, 6.07) is 16.8. The van der Waals surface area contributed by atoms with Crippen molar-refractivity contribution < 1.29 is 0 Å². The van der Waals surface area contributed by atoms with Crippen molar-refractivity contribution in [3.63, 3.8) is 0 Å². The van der Waals surface area contributed by atoms with Crippen LogP contribution < -0.4 is 5.56 Å². The van der Waals surface area contributed by atoms with Crippen molar-refractivity contribution >= 4 is 10.9 Å². The molecule has 2 aliphatic rings. The molecule has 33 heavy (non-hydrogen) atoms. The summed E-state index contributed by atoms with van der Waals surface area (Å²) in [6.45, 7) is 3.66. The van der Waals surface area contributed by atoms with E-state index in [1.807, 2.05) is 23.7 Å². The van der Waals surface area contributed by atoms with E-state index in [4.69, 9.17) is 0 Å². The first-order chi connectivity index (χ1) is 16.2. The summed E-state index contributed by atoms with van der Waals surface area (Å²) in [7, 11) is 0. The predicted molar refractivity (Wildman–Crippen MR) is 127 cm³/mol. The van der Waals surface area contributed by atoms with Crippen LogP contribution in [0.3, 0.4) is 0 Å². The van der Waals surface area contributed by atoms with Crippen molar-refractivity contribution in [2.45, 2.75) is 57.7 Å². The van der Waals surface area contributed by atoms with Crippen molar-refractivity contribution in [2.24, 2.45) is 0 Å². The average Bonchev–Trinajstić information content (AvgIpc) is 3.52. The Hall–Kier alpha value is -3.32. The first-order valence-corrected chi connectivity index (χ1v) is 11.9. The topological polar surface area (TPSA) is 79.7 Å². The number of hydrogen-bond acceptors (Lipinski definition) is 5. The molecule has 1 N–H and O–H groups in total. The Kier molecular flexibility index (Phi) is 5.06. The van der Waals surface area contributed by atoms with Crippen LogP contribution in [0.25, 0.3) is 10.9 Å². The van der Waals surface area contributed by atoms with Gasteiger partial charge in [-0.15, -0.1) is 5.10 Å². The zero-order chi connectivity index (χ0) is 22.4. The molecular weight excluding hydrogens is 412 g/mol. The van der Waals surface area contributed by atoms with E-state index in [1.165, 1.54) is 24.0 Å². The summed E-state index contributed by atoms with van der Waals surface area (Å²) in [6.07, 6.45) is 5.51. The van der Waals surface area contributed by atoms with E-state index in [1.54, 1.807) is 0 Å². The number of hydrogen-bond donors (Lipinski definition) is 1. The first kappa shape index (κ1) is 20.3. The highest BCUT2D eigenvalue weighted by molar-refractivity contribution is 5.79. The second-order valence-electron chi connectivity index (χ2n) is 9.46. The number of aryl methyl sites for hydroxylation is 1. The fourth-order valence-corrected chi connectivity index (χ4v) is 5.56. The van der Waals surface area contributed by atoms with Gasteiger partial charge in [-0.2, -0.15) is 0 Å². The molecule has 1 aliphatic carbocycles. The van der Waals surface area contributed by atoms with E-state index in [-0.39, 0.29) is 11.6 Å². The molecule has 6 rings (SSSR count). The van der Waals surface area contributed by atoms with Crippen LogP contribution >= 0.6 is 0 Å². The summed E-state index contributed by atoms with van der Waals surface area (Å²) in [5.41, 5.74) is 5.31. The van der Waals surface area contributed by atoms with Gasteiger partial charge >= 0.3 is 0 Å². The molecule has 2 aromatic heterocycles. The zero-order valence-electron chi connectivity index (χ0n) is 18.9. The van der Waals surface area contributed by atoms with Crippen LogP contribution in [-0.4, -0.2) is 36.6 Å². The second kappa shape index (κ2) is 8.23. The van der Waals surface area contributed by atoms with E-state index < -0.39 is 0 Å². The van der Waals surface area contributed by atoms with Gasteiger partial charge in [0.1, 0.15) is 6.04 Å². The third-order valence-electron chi connectivity index (χ3n) is 7.28. The summed E-state index contributed by atoms with van der Waals surface area (Å²) >= 11 is 0. The first-order valence-electron chi connectivity index (χ1n) is 11.9. The second-order valence-corrected chi connectivity index (χ2v) is 9.46. The van der Waals surface area contributed by atoms with Crippen molar-refractivity contribution in [3.05, 3.63) is 87.0 Å². The number of aromatic nitrogens is 5. The Balaban J connectivity index is 1.50. The maximum Gasteiger partial charge on any atom is 0.253 e. The normalized spacial score (nSPS) is 18.0. The number of H-pyrrole nitrogens is 1. The highest BCUT2D eigenvalue weighted by atomic mass is 16.1. The Labute approximate surface area is 192 Å². The highest BCUT2D eigenvalue weighted by Gasteiger charge is 2.34. The molecule has 4 aromatic rings. The van der Waals surface area contributed by atoms with Crippen LogP contribution in [-0.2, 0) is 13.0 Å². The number of benzene rings is 2. The summed E-state index contributed by atoms with van der Waals surface area (Å²) < 4.78 is 2.00. The van der Waals surface area contributed by atoms with E-state index in [9.17, 15) is 4.79 Å². The van der Waals surface area contributed by atoms with Gasteiger partial charge in [0.05, 0.1) is 6.04 Å². The van der Waals surface area contributed by atoms with Crippen molar-refractivity contribution in [3.8, 4) is 0 Å². The SMILES string of the molecule is Cc1ccc2cc([C@@H](c3nnnn3C3CCCC3)N3CCc4ccccc4C3)c(=O)[nH]c2c1. The number of rotatable bonds is 4. The maximum absolute atomic E-state index is 13.4. The molecule has 168 valence electrons. The van der Waals surface area contributed by atoms with Crippen LogP contribution in [0.4, 0.5) is 0 Å². The number of tetrazole rings is 1. The summed E-state index contributed by atoms with van der Waals surface area (Å²) in [5.74, 6) is 0.776. The fourth-order valence-electron chi connectivity index (χ4n) is 5.56. The molecule has 1 fully saturated rings. The molecule has 7 nitrogen and oxygen atoms in total. The zero-order valence-corrected chi connectivity index (χ0v) is 18.9. The molecule has 7 heteroatoms. The molecule has 0 amide bonds. The van der Waals surface area contributed by atoms with Gasteiger partial charge in [-0.05, 0) is 70.8 Å². The van der Waals surface area contributed by atoms with Crippen LogP contribution in [0.2, 0.25) is 0 Å². The van der Waals surface area contributed by atoms with E-state index in [2.05, 4.69) is 61.8 Å². The lowest BCUT2D eigenvalue weighted by molar-refractivity contribution is 0.190. The molecule has 0 spiro atoms. The van der Waals surface area contributed by atoms with Gasteiger partial charge in [0, 0.05) is 24.2 Å². The Morgan fingerprint density at radius 1 is 1.06 bits per heavy atom. The highest BCUT2D eigenvalue weighted by Crippen LogP contribution is 2.35. The van der Waals surface area contributed by atoms with Gasteiger partial charge in [-0.1, -0.05) is 49.2 Å². The van der Waals surface area contributed by atoms with Gasteiger partial charge < -0.3 is 4.98 Å². The largest absolute Gasteiger partial charge is 0.322 e. The Bertz CT molecular complexity index is 1370. The lowest BCUT2D eigenvalue weighted by Gasteiger charge is -2.35. The van der Waals surface area contributed by atoms with Crippen LogP contribution in [0, 0.1) is 6.92 Å². The molecule has 3 heterocycles. The van der Waals surface area contributed by atoms with Crippen LogP contribution in [0.1, 0.15) is 65.8 Å². The smallest absolute Gasteiger partial charge is 0.253 e. The lowest BCUT2D eigenvalue weighted by Crippen LogP contribution is -2.39. The fraction of sp³-hybridized carbons (Fsp3) is 0.385. The third-order valence-corrected chi connectivity index (χ3v) is 7.28. The van der Waals surface area contributed by atoms with Gasteiger partial charge in [-0.3, -0.25) is 9.69 Å². The van der Waals surface area contributed by atoms with Gasteiger partial charge in [0.25, 0.3) is 5.56 Å². The van der Waals surface area contributed by atoms with Gasteiger partial charge in [-0.25, -0.2) is 4.68 Å². The third kappa shape index (κ3) is 3.66. The summed E-state index contributed by atoms with van der Waals surface area (Å²) in [5, 5.41) is 14.0. The van der Waals surface area contributed by atoms with Crippen molar-refractivity contribution in [1.29, 1.82) is 0 Å². The van der Waals surface area contributed by atoms with Crippen LogP contribution in [0.15, 0.2) is 53.3 Å². The van der Waals surface area contributed by atoms with Gasteiger partial charge in [0.15, 0.2) is 5.82 Å². The predicted octanol–water partition coefficient (Wildman–Crippen LogP) is 4.09. The van der Waals surface area contributed by atoms with E-state index in [0.29, 0.717) is 11.6 Å². The maximum atomic E-state index is 13.4. The van der Waals surface area contributed by atoms with Crippen LogP contribution in [0.5, 0.6) is 0 Å². The lowest BCUT2D eigenvalue weighted by atomic mass is 9.95. The number of nitrogens with zero attached hydrogens (tertiary/aromatic N) is 5. The number of fused-ring (bicyclic) bond motifs is 2. The van der Waals surface area contributed by atoms with Gasteiger partial charge in [0.2, 0.25) is 0 Å². The molecule has 2 aromatic carbocycles. The van der Waals surface area contributed by atoms with E-state index >= 15 is 0 Å². The molecule has 0 bridgehead atoms. The minimum absolute atomic E-state index is 0.0714. The monoisotopic (exact) mass is 440 g/mol. The number of nitrogens with one attached hydrogen (secondary N) is 1. The Morgan fingerprint density at radius 3 is 2.73 bits per heavy atom. The van der Waals surface area contributed by atoms with Crippen molar-refractivity contribution in [1.82, 2.24) is 30.1 Å². The Morgan fingerprint density at radius 2 is 1.88 bits per heavy atom. The number of aromatic amines is 1. The summed E-state index contributed by atoms with van der Waals surface area (Å²) in [4.78, 5) is 18.9.